The molecule has 0 saturated heterocycles. The van der Waals surface area contributed by atoms with Crippen LogP contribution in [0.4, 0.5) is 5.69 Å². The predicted molar refractivity (Wildman–Crippen MR) is 69.4 cm³/mol. The predicted octanol–water partition coefficient (Wildman–Crippen LogP) is 2.23. The number of hydrogen-bond donors (Lipinski definition) is 0. The van der Waals surface area contributed by atoms with Crippen molar-refractivity contribution in [3.8, 4) is 11.5 Å². The first kappa shape index (κ1) is 13.7. The maximum atomic E-state index is 11.6. The molecule has 6 nitrogen and oxygen atoms in total. The molecule has 0 amide bonds. The molecule has 0 bridgehead atoms. The number of nitrogens with zero attached hydrogens (tertiary/aromatic N) is 1. The number of alkyl halides is 1. The first-order valence-electron chi connectivity index (χ1n) is 4.54. The van der Waals surface area contributed by atoms with Crippen molar-refractivity contribution in [2.75, 3.05) is 18.6 Å². The molecular formula is C10H10INO5. The fourth-order valence-electron chi connectivity index (χ4n) is 1.31. The van der Waals surface area contributed by atoms with Crippen LogP contribution in [0.3, 0.4) is 0 Å². The van der Waals surface area contributed by atoms with Crippen molar-refractivity contribution >= 4 is 34.1 Å². The Labute approximate surface area is 111 Å². The second-order valence-electron chi connectivity index (χ2n) is 3.04. The Morgan fingerprint density at radius 1 is 1.35 bits per heavy atom. The van der Waals surface area contributed by atoms with Crippen LogP contribution >= 0.6 is 22.6 Å². The molecule has 92 valence electrons. The van der Waals surface area contributed by atoms with Gasteiger partial charge < -0.3 is 9.47 Å². The van der Waals surface area contributed by atoms with Gasteiger partial charge in [-0.15, -0.1) is 0 Å². The minimum absolute atomic E-state index is 0.0297. The third-order valence-electron chi connectivity index (χ3n) is 2.12. The highest BCUT2D eigenvalue weighted by Gasteiger charge is 2.23. The second-order valence-corrected chi connectivity index (χ2v) is 3.80. The van der Waals surface area contributed by atoms with E-state index in [0.29, 0.717) is 5.75 Å². The van der Waals surface area contributed by atoms with Gasteiger partial charge in [0.1, 0.15) is 5.56 Å². The largest absolute Gasteiger partial charge is 0.493 e. The van der Waals surface area contributed by atoms with Crippen LogP contribution in [-0.4, -0.2) is 29.4 Å². The Morgan fingerprint density at radius 3 is 2.29 bits per heavy atom. The zero-order valence-electron chi connectivity index (χ0n) is 9.23. The van der Waals surface area contributed by atoms with Gasteiger partial charge in [0.2, 0.25) is 0 Å². The number of benzene rings is 1. The van der Waals surface area contributed by atoms with E-state index in [1.165, 1.54) is 26.4 Å². The van der Waals surface area contributed by atoms with E-state index in [2.05, 4.69) is 0 Å². The van der Waals surface area contributed by atoms with Gasteiger partial charge in [0.05, 0.1) is 29.6 Å². The molecule has 1 aromatic carbocycles. The maximum absolute atomic E-state index is 11.6. The molecule has 0 atom stereocenters. The summed E-state index contributed by atoms with van der Waals surface area (Å²) >= 11 is 1.85. The van der Waals surface area contributed by atoms with Gasteiger partial charge in [-0.05, 0) is 0 Å². The molecule has 0 aliphatic rings. The Hall–Kier alpha value is -1.38. The lowest BCUT2D eigenvalue weighted by Gasteiger charge is -2.09. The lowest BCUT2D eigenvalue weighted by atomic mass is 10.1. The van der Waals surface area contributed by atoms with Gasteiger partial charge in [0.15, 0.2) is 17.3 Å². The maximum Gasteiger partial charge on any atom is 0.284 e. The quantitative estimate of drug-likeness (QED) is 0.267. The van der Waals surface area contributed by atoms with Crippen molar-refractivity contribution in [2.24, 2.45) is 0 Å². The summed E-state index contributed by atoms with van der Waals surface area (Å²) in [4.78, 5) is 21.9. The molecular weight excluding hydrogens is 341 g/mol. The molecule has 0 aromatic heterocycles. The van der Waals surface area contributed by atoms with E-state index in [0.717, 1.165) is 0 Å². The molecule has 0 fully saturated rings. The molecule has 0 saturated carbocycles. The molecule has 0 spiro atoms. The first-order chi connectivity index (χ1) is 8.04. The molecule has 1 aromatic rings. The van der Waals surface area contributed by atoms with Gasteiger partial charge in [0.25, 0.3) is 5.69 Å². The second kappa shape index (κ2) is 5.80. The molecule has 0 heterocycles. The van der Waals surface area contributed by atoms with Crippen molar-refractivity contribution in [3.05, 3.63) is 27.8 Å². The minimum atomic E-state index is -0.610. The Morgan fingerprint density at radius 2 is 1.88 bits per heavy atom. The van der Waals surface area contributed by atoms with Gasteiger partial charge in [-0.25, -0.2) is 0 Å². The molecule has 0 unspecified atom stereocenters. The van der Waals surface area contributed by atoms with E-state index >= 15 is 0 Å². The average molecular weight is 351 g/mol. The monoisotopic (exact) mass is 351 g/mol. The summed E-state index contributed by atoms with van der Waals surface area (Å²) in [6.07, 6.45) is 0. The molecule has 17 heavy (non-hydrogen) atoms. The smallest absolute Gasteiger partial charge is 0.284 e. The zero-order chi connectivity index (χ0) is 13.0. The highest BCUT2D eigenvalue weighted by molar-refractivity contribution is 14.1. The van der Waals surface area contributed by atoms with Gasteiger partial charge in [0, 0.05) is 6.07 Å². The van der Waals surface area contributed by atoms with Crippen LogP contribution < -0.4 is 9.47 Å². The number of rotatable bonds is 5. The number of hydrogen-bond acceptors (Lipinski definition) is 5. The number of carbonyl (C=O) groups excluding carboxylic acids is 1. The fraction of sp³-hybridized carbons (Fsp3) is 0.300. The van der Waals surface area contributed by atoms with E-state index in [9.17, 15) is 14.9 Å². The van der Waals surface area contributed by atoms with Crippen LogP contribution in [0.25, 0.3) is 0 Å². The Balaban J connectivity index is 3.45. The van der Waals surface area contributed by atoms with Gasteiger partial charge in [-0.2, -0.15) is 0 Å². The van der Waals surface area contributed by atoms with Crippen molar-refractivity contribution in [1.29, 1.82) is 0 Å². The van der Waals surface area contributed by atoms with Crippen molar-refractivity contribution in [2.45, 2.75) is 0 Å². The molecule has 7 heteroatoms. The molecule has 0 N–H and O–H groups in total. The highest BCUT2D eigenvalue weighted by atomic mass is 127. The van der Waals surface area contributed by atoms with Crippen molar-refractivity contribution in [3.63, 3.8) is 0 Å². The van der Waals surface area contributed by atoms with Crippen LogP contribution in [0.1, 0.15) is 10.4 Å². The SMILES string of the molecule is COc1cc(C(=O)CI)c([N+](=O)[O-])cc1OC. The topological polar surface area (TPSA) is 78.7 Å². The third-order valence-corrected chi connectivity index (χ3v) is 2.81. The van der Waals surface area contributed by atoms with Crippen molar-refractivity contribution in [1.82, 2.24) is 0 Å². The van der Waals surface area contributed by atoms with Crippen LogP contribution in [0.5, 0.6) is 11.5 Å². The van der Waals surface area contributed by atoms with Crippen LogP contribution in [0.15, 0.2) is 12.1 Å². The minimum Gasteiger partial charge on any atom is -0.493 e. The van der Waals surface area contributed by atoms with Gasteiger partial charge in [-0.3, -0.25) is 14.9 Å². The average Bonchev–Trinajstić information content (AvgIpc) is 2.35. The van der Waals surface area contributed by atoms with E-state index < -0.39 is 4.92 Å². The standard InChI is InChI=1S/C10H10INO5/c1-16-9-3-6(8(13)5-11)7(12(14)15)4-10(9)17-2/h3-4H,5H2,1-2H3. The molecule has 1 rings (SSSR count). The number of ether oxygens (including phenoxy) is 2. The Kier molecular flexibility index (Phi) is 4.67. The number of Topliss-reactive ketones (excluding diaryl/α,β-unsaturated/α-hetero) is 1. The highest BCUT2D eigenvalue weighted by Crippen LogP contribution is 2.34. The van der Waals surface area contributed by atoms with Crippen LogP contribution in [0, 0.1) is 10.1 Å². The number of halogens is 1. The van der Waals surface area contributed by atoms with Crippen LogP contribution in [-0.2, 0) is 0 Å². The Bertz CT molecular complexity index is 460. The van der Waals surface area contributed by atoms with E-state index in [1.807, 2.05) is 22.6 Å². The van der Waals surface area contributed by atoms with E-state index in [1.54, 1.807) is 0 Å². The number of ketones is 1. The molecule has 0 aliphatic heterocycles. The van der Waals surface area contributed by atoms with Gasteiger partial charge in [-0.1, -0.05) is 22.6 Å². The summed E-state index contributed by atoms with van der Waals surface area (Å²) < 4.78 is 10.1. The molecule has 0 aliphatic carbocycles. The summed E-state index contributed by atoms with van der Waals surface area (Å²) in [5.41, 5.74) is -0.244. The van der Waals surface area contributed by atoms with Gasteiger partial charge >= 0.3 is 0 Å². The number of nitro groups is 1. The summed E-state index contributed by atoms with van der Waals surface area (Å²) in [6.45, 7) is 0. The number of carbonyl (C=O) groups is 1. The van der Waals surface area contributed by atoms with Crippen LogP contribution in [0.2, 0.25) is 0 Å². The number of methoxy groups -OCH3 is 2. The third kappa shape index (κ3) is 2.84. The van der Waals surface area contributed by atoms with E-state index in [4.69, 9.17) is 9.47 Å². The lowest BCUT2D eigenvalue weighted by Crippen LogP contribution is -2.06. The lowest BCUT2D eigenvalue weighted by molar-refractivity contribution is -0.385. The van der Waals surface area contributed by atoms with Crippen molar-refractivity contribution < 1.29 is 19.2 Å². The fourth-order valence-corrected chi connectivity index (χ4v) is 1.73. The molecule has 0 radical (unpaired) electrons. The summed E-state index contributed by atoms with van der Waals surface area (Å²) in [5, 5.41) is 10.9. The number of nitro benzene ring substituents is 1. The first-order valence-corrected chi connectivity index (χ1v) is 6.07. The normalized spacial score (nSPS) is 9.82. The summed E-state index contributed by atoms with van der Waals surface area (Å²) in [5.74, 6) is 0.203. The summed E-state index contributed by atoms with van der Waals surface area (Å²) in [6, 6.07) is 2.52. The summed E-state index contributed by atoms with van der Waals surface area (Å²) in [7, 11) is 2.78. The zero-order valence-corrected chi connectivity index (χ0v) is 11.4. The van der Waals surface area contributed by atoms with E-state index in [-0.39, 0.29) is 27.2 Å².